The highest BCUT2D eigenvalue weighted by molar-refractivity contribution is 6.29. The number of hydrogen-bond donors (Lipinski definition) is 1. The van der Waals surface area contributed by atoms with Gasteiger partial charge in [0.25, 0.3) is 0 Å². The molecule has 1 aromatic heterocycles. The van der Waals surface area contributed by atoms with Gasteiger partial charge >= 0.3 is 0 Å². The van der Waals surface area contributed by atoms with E-state index in [0.717, 1.165) is 0 Å². The van der Waals surface area contributed by atoms with Gasteiger partial charge in [-0.1, -0.05) is 11.6 Å². The average Bonchev–Trinajstić information content (AvgIpc) is 2.32. The molecule has 11 heavy (non-hydrogen) atoms. The molecule has 4 nitrogen and oxygen atoms in total. The number of anilines is 1. The molecular weight excluding hydrogens is 166 g/mol. The molecule has 0 spiro atoms. The molecule has 0 unspecified atom stereocenters. The van der Waals surface area contributed by atoms with Gasteiger partial charge < -0.3 is 4.57 Å². The van der Waals surface area contributed by atoms with Gasteiger partial charge in [0.1, 0.15) is 5.15 Å². The Bertz CT molecular complexity index is 307. The topological polar surface area (TPSA) is 46.9 Å². The van der Waals surface area contributed by atoms with E-state index >= 15 is 0 Å². The summed E-state index contributed by atoms with van der Waals surface area (Å²) < 4.78 is 1.77. The molecule has 0 aromatic carbocycles. The van der Waals surface area contributed by atoms with Gasteiger partial charge in [0.15, 0.2) is 0 Å². The number of carbonyl (C=O) groups excluding carboxylic acids is 1. The molecule has 1 amide bonds. The van der Waals surface area contributed by atoms with Gasteiger partial charge in [-0.25, -0.2) is 4.98 Å². The Morgan fingerprint density at radius 2 is 2.55 bits per heavy atom. The van der Waals surface area contributed by atoms with Crippen LogP contribution in [0.5, 0.6) is 0 Å². The maximum absolute atomic E-state index is 10.8. The molecule has 2 heterocycles. The summed E-state index contributed by atoms with van der Waals surface area (Å²) in [6, 6.07) is 0. The fourth-order valence-electron chi connectivity index (χ4n) is 1.07. The quantitative estimate of drug-likeness (QED) is 0.630. The Kier molecular flexibility index (Phi) is 1.35. The molecule has 0 saturated carbocycles. The van der Waals surface area contributed by atoms with E-state index in [0.29, 0.717) is 24.1 Å². The molecule has 0 saturated heterocycles. The van der Waals surface area contributed by atoms with Crippen LogP contribution in [0.1, 0.15) is 6.42 Å². The minimum Gasteiger partial charge on any atom is -0.301 e. The SMILES string of the molecule is O=C1CCn2c(Cl)cnc2N1. The predicted molar refractivity (Wildman–Crippen MR) is 40.5 cm³/mol. The molecular formula is C6H6ClN3O. The Morgan fingerprint density at radius 3 is 3.36 bits per heavy atom. The largest absolute Gasteiger partial charge is 0.301 e. The molecule has 2 rings (SSSR count). The van der Waals surface area contributed by atoms with Crippen molar-refractivity contribution in [3.05, 3.63) is 11.3 Å². The molecule has 1 aliphatic heterocycles. The lowest BCUT2D eigenvalue weighted by Gasteiger charge is -2.14. The van der Waals surface area contributed by atoms with Crippen molar-refractivity contribution >= 4 is 23.5 Å². The van der Waals surface area contributed by atoms with Gasteiger partial charge in [-0.05, 0) is 0 Å². The van der Waals surface area contributed by atoms with Crippen molar-refractivity contribution in [2.24, 2.45) is 0 Å². The summed E-state index contributed by atoms with van der Waals surface area (Å²) in [6.45, 7) is 0.625. The molecule has 1 aliphatic rings. The minimum atomic E-state index is -0.000216. The summed E-state index contributed by atoms with van der Waals surface area (Å²) in [7, 11) is 0. The minimum absolute atomic E-state index is 0.000216. The zero-order valence-electron chi connectivity index (χ0n) is 5.67. The van der Waals surface area contributed by atoms with Crippen LogP contribution in [0.25, 0.3) is 0 Å². The number of amides is 1. The lowest BCUT2D eigenvalue weighted by atomic mass is 10.3. The van der Waals surface area contributed by atoms with Crippen molar-refractivity contribution in [2.75, 3.05) is 5.32 Å². The highest BCUT2D eigenvalue weighted by Crippen LogP contribution is 2.19. The van der Waals surface area contributed by atoms with Gasteiger partial charge in [0, 0.05) is 13.0 Å². The number of halogens is 1. The van der Waals surface area contributed by atoms with E-state index in [-0.39, 0.29) is 5.91 Å². The first kappa shape index (κ1) is 6.67. The lowest BCUT2D eigenvalue weighted by molar-refractivity contribution is -0.116. The van der Waals surface area contributed by atoms with Crippen LogP contribution >= 0.6 is 11.6 Å². The summed E-state index contributed by atoms with van der Waals surface area (Å²) in [4.78, 5) is 14.7. The highest BCUT2D eigenvalue weighted by Gasteiger charge is 2.16. The third kappa shape index (κ3) is 0.991. The van der Waals surface area contributed by atoms with Crippen molar-refractivity contribution in [3.63, 3.8) is 0 Å². The molecule has 0 fully saturated rings. The van der Waals surface area contributed by atoms with Gasteiger partial charge in [-0.3, -0.25) is 10.1 Å². The van der Waals surface area contributed by atoms with Crippen molar-refractivity contribution < 1.29 is 4.79 Å². The second-order valence-electron chi connectivity index (χ2n) is 2.35. The Hall–Kier alpha value is -1.03. The molecule has 0 bridgehead atoms. The molecule has 1 N–H and O–H groups in total. The van der Waals surface area contributed by atoms with Crippen LogP contribution in [0.4, 0.5) is 5.95 Å². The molecule has 0 radical (unpaired) electrons. The first-order valence-electron chi connectivity index (χ1n) is 3.28. The average molecular weight is 172 g/mol. The third-order valence-corrected chi connectivity index (χ3v) is 1.92. The maximum Gasteiger partial charge on any atom is 0.228 e. The van der Waals surface area contributed by atoms with E-state index in [2.05, 4.69) is 10.3 Å². The number of nitrogens with zero attached hydrogens (tertiary/aromatic N) is 2. The zero-order valence-corrected chi connectivity index (χ0v) is 6.43. The van der Waals surface area contributed by atoms with E-state index in [9.17, 15) is 4.79 Å². The molecule has 5 heteroatoms. The summed E-state index contributed by atoms with van der Waals surface area (Å²) in [6.07, 6.45) is 2.01. The van der Waals surface area contributed by atoms with Gasteiger partial charge in [0.05, 0.1) is 6.20 Å². The maximum atomic E-state index is 10.8. The monoisotopic (exact) mass is 171 g/mol. The Balaban J connectivity index is 2.44. The first-order chi connectivity index (χ1) is 5.27. The molecule has 0 aliphatic carbocycles. The summed E-state index contributed by atoms with van der Waals surface area (Å²) in [5.74, 6) is 0.547. The number of aromatic nitrogens is 2. The summed E-state index contributed by atoms with van der Waals surface area (Å²) in [5.41, 5.74) is 0. The summed E-state index contributed by atoms with van der Waals surface area (Å²) in [5, 5.41) is 3.18. The third-order valence-electron chi connectivity index (χ3n) is 1.62. The van der Waals surface area contributed by atoms with Crippen LogP contribution in [0.2, 0.25) is 5.15 Å². The zero-order chi connectivity index (χ0) is 7.84. The smallest absolute Gasteiger partial charge is 0.228 e. The van der Waals surface area contributed by atoms with E-state index in [1.807, 2.05) is 0 Å². The number of fused-ring (bicyclic) bond motifs is 1. The number of rotatable bonds is 0. The second kappa shape index (κ2) is 2.23. The number of hydrogen-bond acceptors (Lipinski definition) is 2. The van der Waals surface area contributed by atoms with Crippen molar-refractivity contribution in [1.82, 2.24) is 9.55 Å². The fraction of sp³-hybridized carbons (Fsp3) is 0.333. The van der Waals surface area contributed by atoms with Gasteiger partial charge in [-0.15, -0.1) is 0 Å². The van der Waals surface area contributed by atoms with Crippen molar-refractivity contribution in [2.45, 2.75) is 13.0 Å². The van der Waals surface area contributed by atoms with E-state index in [1.165, 1.54) is 6.20 Å². The van der Waals surface area contributed by atoms with E-state index in [1.54, 1.807) is 4.57 Å². The number of nitrogens with one attached hydrogen (secondary N) is 1. The Morgan fingerprint density at radius 1 is 1.73 bits per heavy atom. The van der Waals surface area contributed by atoms with Crippen LogP contribution < -0.4 is 5.32 Å². The summed E-state index contributed by atoms with van der Waals surface area (Å²) >= 11 is 5.75. The standard InChI is InChI=1S/C6H6ClN3O/c7-4-3-8-6-9-5(11)1-2-10(4)6/h3H,1-2H2,(H,8,9,11). The van der Waals surface area contributed by atoms with E-state index < -0.39 is 0 Å². The molecule has 1 aromatic rings. The van der Waals surface area contributed by atoms with Crippen LogP contribution in [0.3, 0.4) is 0 Å². The van der Waals surface area contributed by atoms with Crippen LogP contribution in [0.15, 0.2) is 6.20 Å². The number of imidazole rings is 1. The normalized spacial score (nSPS) is 15.9. The molecule has 0 atom stereocenters. The van der Waals surface area contributed by atoms with Gasteiger partial charge in [0.2, 0.25) is 11.9 Å². The van der Waals surface area contributed by atoms with Crippen LogP contribution in [-0.2, 0) is 11.3 Å². The van der Waals surface area contributed by atoms with Crippen molar-refractivity contribution in [1.29, 1.82) is 0 Å². The lowest BCUT2D eigenvalue weighted by Crippen LogP contribution is -2.23. The highest BCUT2D eigenvalue weighted by atomic mass is 35.5. The van der Waals surface area contributed by atoms with Crippen LogP contribution in [-0.4, -0.2) is 15.5 Å². The van der Waals surface area contributed by atoms with Crippen molar-refractivity contribution in [3.8, 4) is 0 Å². The second-order valence-corrected chi connectivity index (χ2v) is 2.74. The fourth-order valence-corrected chi connectivity index (χ4v) is 1.28. The van der Waals surface area contributed by atoms with Gasteiger partial charge in [-0.2, -0.15) is 0 Å². The predicted octanol–water partition coefficient (Wildman–Crippen LogP) is 0.879. The Labute approximate surface area is 68.2 Å². The van der Waals surface area contributed by atoms with Crippen LogP contribution in [0, 0.1) is 0 Å². The first-order valence-corrected chi connectivity index (χ1v) is 3.66. The molecule has 58 valence electrons. The number of carbonyl (C=O) groups is 1. The van der Waals surface area contributed by atoms with E-state index in [4.69, 9.17) is 11.6 Å².